The summed E-state index contributed by atoms with van der Waals surface area (Å²) < 4.78 is 31.9. The number of sulfonamides is 1. The SMILES string of the molecule is CCOc1ccc(N(CCCC(=O)N(Cc2ccc(Cl)cc2Cl)[C@@H](C)C(=O)NC2CCCCC2)S(C)(=O)=O)cc1. The van der Waals surface area contributed by atoms with E-state index in [4.69, 9.17) is 27.9 Å². The summed E-state index contributed by atoms with van der Waals surface area (Å²) >= 11 is 12.5. The number of nitrogens with zero attached hydrogens (tertiary/aromatic N) is 2. The van der Waals surface area contributed by atoms with Crippen molar-refractivity contribution in [3.8, 4) is 5.75 Å². The second-order valence-corrected chi connectivity index (χ2v) is 12.9. The molecule has 40 heavy (non-hydrogen) atoms. The monoisotopic (exact) mass is 611 g/mol. The van der Waals surface area contributed by atoms with E-state index in [9.17, 15) is 18.0 Å². The highest BCUT2D eigenvalue weighted by atomic mass is 35.5. The molecule has 0 spiro atoms. The zero-order valence-electron chi connectivity index (χ0n) is 23.4. The lowest BCUT2D eigenvalue weighted by Gasteiger charge is -2.32. The number of anilines is 1. The number of halogens is 2. The first-order chi connectivity index (χ1) is 19.0. The van der Waals surface area contributed by atoms with Gasteiger partial charge in [0.1, 0.15) is 11.8 Å². The Hall–Kier alpha value is -2.49. The lowest BCUT2D eigenvalue weighted by Crippen LogP contribution is -2.50. The van der Waals surface area contributed by atoms with Crippen LogP contribution in [0, 0.1) is 0 Å². The number of benzene rings is 2. The summed E-state index contributed by atoms with van der Waals surface area (Å²) in [5.74, 6) is 0.168. The molecule has 3 rings (SSSR count). The van der Waals surface area contributed by atoms with Gasteiger partial charge < -0.3 is 15.0 Å². The number of amides is 2. The van der Waals surface area contributed by atoms with Crippen LogP contribution in [-0.2, 0) is 26.2 Å². The average molecular weight is 613 g/mol. The van der Waals surface area contributed by atoms with E-state index in [1.807, 2.05) is 6.92 Å². The minimum atomic E-state index is -3.59. The Morgan fingerprint density at radius 2 is 1.75 bits per heavy atom. The largest absolute Gasteiger partial charge is 0.494 e. The molecular weight excluding hydrogens is 573 g/mol. The molecule has 1 N–H and O–H groups in total. The van der Waals surface area contributed by atoms with Crippen molar-refractivity contribution in [1.29, 1.82) is 0 Å². The van der Waals surface area contributed by atoms with E-state index in [0.29, 0.717) is 33.7 Å². The molecule has 1 aliphatic rings. The van der Waals surface area contributed by atoms with Crippen molar-refractivity contribution < 1.29 is 22.7 Å². The third-order valence-corrected chi connectivity index (χ3v) is 8.84. The van der Waals surface area contributed by atoms with Crippen molar-refractivity contribution in [2.24, 2.45) is 0 Å². The van der Waals surface area contributed by atoms with Gasteiger partial charge in [0.2, 0.25) is 21.8 Å². The summed E-state index contributed by atoms with van der Waals surface area (Å²) in [7, 11) is -3.59. The molecule has 1 fully saturated rings. The summed E-state index contributed by atoms with van der Waals surface area (Å²) in [4.78, 5) is 28.3. The van der Waals surface area contributed by atoms with Crippen LogP contribution < -0.4 is 14.4 Å². The fraction of sp³-hybridized carbons (Fsp3) is 0.517. The number of nitrogens with one attached hydrogen (secondary N) is 1. The standard InChI is InChI=1S/C29H39Cl2N3O5S/c1-4-39-26-16-14-25(15-17-26)34(40(3,37)38)18-8-11-28(35)33(20-22-12-13-23(30)19-27(22)31)21(2)29(36)32-24-9-6-5-7-10-24/h12-17,19,21,24H,4-11,18,20H2,1-3H3,(H,32,36)/t21-/m0/s1. The first kappa shape index (κ1) is 32.0. The zero-order valence-corrected chi connectivity index (χ0v) is 25.7. The quantitative estimate of drug-likeness (QED) is 0.308. The molecule has 220 valence electrons. The first-order valence-corrected chi connectivity index (χ1v) is 16.3. The van der Waals surface area contributed by atoms with Gasteiger partial charge in [-0.2, -0.15) is 0 Å². The molecule has 0 aliphatic heterocycles. The third kappa shape index (κ3) is 9.28. The van der Waals surface area contributed by atoms with E-state index < -0.39 is 16.1 Å². The van der Waals surface area contributed by atoms with Crippen LogP contribution in [0.1, 0.15) is 64.4 Å². The van der Waals surface area contributed by atoms with Crippen molar-refractivity contribution in [2.75, 3.05) is 23.7 Å². The molecule has 11 heteroatoms. The number of carbonyl (C=O) groups is 2. The maximum absolute atomic E-state index is 13.5. The van der Waals surface area contributed by atoms with Crippen LogP contribution in [0.25, 0.3) is 0 Å². The summed E-state index contributed by atoms with van der Waals surface area (Å²) in [6.45, 7) is 4.33. The predicted molar refractivity (Wildman–Crippen MR) is 161 cm³/mol. The van der Waals surface area contributed by atoms with Crippen molar-refractivity contribution in [2.45, 2.75) is 77.4 Å². The fourth-order valence-corrected chi connectivity index (χ4v) is 6.30. The molecule has 8 nitrogen and oxygen atoms in total. The molecule has 2 aromatic carbocycles. The summed E-state index contributed by atoms with van der Waals surface area (Å²) in [6, 6.07) is 11.2. The normalized spacial score (nSPS) is 14.8. The highest BCUT2D eigenvalue weighted by molar-refractivity contribution is 7.92. The Morgan fingerprint density at radius 1 is 1.07 bits per heavy atom. The topological polar surface area (TPSA) is 96.0 Å². The Bertz CT molecular complexity index is 1250. The Morgan fingerprint density at radius 3 is 2.35 bits per heavy atom. The highest BCUT2D eigenvalue weighted by Crippen LogP contribution is 2.25. The number of ether oxygens (including phenoxy) is 1. The van der Waals surface area contributed by atoms with Crippen LogP contribution >= 0.6 is 23.2 Å². The van der Waals surface area contributed by atoms with Crippen LogP contribution in [-0.4, -0.2) is 56.6 Å². The molecule has 0 saturated heterocycles. The molecular formula is C29H39Cl2N3O5S. The van der Waals surface area contributed by atoms with Crippen LogP contribution in [0.3, 0.4) is 0 Å². The van der Waals surface area contributed by atoms with Crippen LogP contribution in [0.5, 0.6) is 5.75 Å². The van der Waals surface area contributed by atoms with Gasteiger partial charge in [-0.15, -0.1) is 0 Å². The van der Waals surface area contributed by atoms with Gasteiger partial charge in [0.25, 0.3) is 0 Å². The Balaban J connectivity index is 1.73. The lowest BCUT2D eigenvalue weighted by atomic mass is 9.95. The average Bonchev–Trinajstić information content (AvgIpc) is 2.91. The number of rotatable bonds is 13. The number of carbonyl (C=O) groups excluding carboxylic acids is 2. The minimum absolute atomic E-state index is 0.0509. The van der Waals surface area contributed by atoms with E-state index in [2.05, 4.69) is 5.32 Å². The smallest absolute Gasteiger partial charge is 0.242 e. The summed E-state index contributed by atoms with van der Waals surface area (Å²) in [5.41, 5.74) is 1.16. The molecule has 0 unspecified atom stereocenters. The third-order valence-electron chi connectivity index (χ3n) is 7.06. The Kier molecular flexibility index (Phi) is 12.0. The maximum atomic E-state index is 13.5. The molecule has 0 radical (unpaired) electrons. The van der Waals surface area contributed by atoms with Gasteiger partial charge in [-0.05, 0) is 75.1 Å². The second kappa shape index (κ2) is 14.9. The van der Waals surface area contributed by atoms with Gasteiger partial charge in [-0.25, -0.2) is 8.42 Å². The predicted octanol–water partition coefficient (Wildman–Crippen LogP) is 5.80. The van der Waals surface area contributed by atoms with Crippen LogP contribution in [0.15, 0.2) is 42.5 Å². The fourth-order valence-electron chi connectivity index (χ4n) is 4.86. The van der Waals surface area contributed by atoms with Gasteiger partial charge in [-0.1, -0.05) is 48.5 Å². The zero-order chi connectivity index (χ0) is 29.3. The summed E-state index contributed by atoms with van der Waals surface area (Å²) in [5, 5.41) is 3.99. The van der Waals surface area contributed by atoms with Crippen molar-refractivity contribution in [3.63, 3.8) is 0 Å². The van der Waals surface area contributed by atoms with Gasteiger partial charge in [0.15, 0.2) is 0 Å². The number of hydrogen-bond donors (Lipinski definition) is 1. The van der Waals surface area contributed by atoms with Crippen LogP contribution in [0.4, 0.5) is 5.69 Å². The molecule has 2 aromatic rings. The second-order valence-electron chi connectivity index (χ2n) is 10.1. The highest BCUT2D eigenvalue weighted by Gasteiger charge is 2.29. The molecule has 0 aromatic heterocycles. The van der Waals surface area contributed by atoms with Crippen molar-refractivity contribution in [1.82, 2.24) is 10.2 Å². The summed E-state index contributed by atoms with van der Waals surface area (Å²) in [6.07, 6.45) is 6.64. The van der Waals surface area contributed by atoms with E-state index in [1.165, 1.54) is 15.6 Å². The molecule has 2 amide bonds. The van der Waals surface area contributed by atoms with E-state index in [-0.39, 0.29) is 43.8 Å². The van der Waals surface area contributed by atoms with E-state index in [1.54, 1.807) is 49.4 Å². The minimum Gasteiger partial charge on any atom is -0.494 e. The molecule has 1 aliphatic carbocycles. The van der Waals surface area contributed by atoms with Crippen LogP contribution in [0.2, 0.25) is 10.0 Å². The van der Waals surface area contributed by atoms with Gasteiger partial charge >= 0.3 is 0 Å². The molecule has 1 atom stereocenters. The van der Waals surface area contributed by atoms with Gasteiger partial charge in [0.05, 0.1) is 18.6 Å². The first-order valence-electron chi connectivity index (χ1n) is 13.7. The maximum Gasteiger partial charge on any atom is 0.242 e. The molecule has 1 saturated carbocycles. The lowest BCUT2D eigenvalue weighted by molar-refractivity contribution is -0.141. The van der Waals surface area contributed by atoms with Gasteiger partial charge in [0, 0.05) is 35.6 Å². The Labute approximate surface area is 248 Å². The van der Waals surface area contributed by atoms with Crippen molar-refractivity contribution in [3.05, 3.63) is 58.1 Å². The van der Waals surface area contributed by atoms with Gasteiger partial charge in [-0.3, -0.25) is 13.9 Å². The van der Waals surface area contributed by atoms with E-state index >= 15 is 0 Å². The van der Waals surface area contributed by atoms with E-state index in [0.717, 1.165) is 31.9 Å². The molecule has 0 bridgehead atoms. The van der Waals surface area contributed by atoms with Crippen molar-refractivity contribution >= 4 is 50.7 Å². The number of hydrogen-bond acceptors (Lipinski definition) is 5. The molecule has 0 heterocycles.